The number of rotatable bonds is 4. The molecule has 1 atom stereocenters. The summed E-state index contributed by atoms with van der Waals surface area (Å²) < 4.78 is 0. The SMILES string of the molecule is CC.CN[C@@H](Cc1ccc(O)c(C)c1)C(=O)O. The summed E-state index contributed by atoms with van der Waals surface area (Å²) in [6.45, 7) is 5.79. The Bertz CT molecular complexity index is 364. The average molecular weight is 239 g/mol. The van der Waals surface area contributed by atoms with Crippen LogP contribution in [0, 0.1) is 6.92 Å². The zero-order chi connectivity index (χ0) is 13.4. The third kappa shape index (κ3) is 4.87. The lowest BCUT2D eigenvalue weighted by molar-refractivity contribution is -0.139. The number of aliphatic carboxylic acids is 1. The molecular weight excluding hydrogens is 218 g/mol. The second kappa shape index (κ2) is 7.68. The number of phenols is 1. The lowest BCUT2D eigenvalue weighted by Gasteiger charge is -2.11. The Hall–Kier alpha value is -1.55. The van der Waals surface area contributed by atoms with Gasteiger partial charge in [-0.05, 0) is 37.6 Å². The molecule has 0 aliphatic rings. The van der Waals surface area contributed by atoms with Crippen molar-refractivity contribution in [2.75, 3.05) is 7.05 Å². The second-order valence-corrected chi connectivity index (χ2v) is 3.50. The first-order valence-electron chi connectivity index (χ1n) is 5.73. The molecule has 4 heteroatoms. The number of benzene rings is 1. The molecule has 0 aromatic heterocycles. The van der Waals surface area contributed by atoms with Crippen LogP contribution in [-0.2, 0) is 11.2 Å². The van der Waals surface area contributed by atoms with E-state index in [9.17, 15) is 9.90 Å². The van der Waals surface area contributed by atoms with Gasteiger partial charge in [0, 0.05) is 0 Å². The molecule has 0 aliphatic heterocycles. The summed E-state index contributed by atoms with van der Waals surface area (Å²) >= 11 is 0. The quantitative estimate of drug-likeness (QED) is 0.751. The maximum atomic E-state index is 10.8. The molecule has 0 unspecified atom stereocenters. The van der Waals surface area contributed by atoms with Gasteiger partial charge in [-0.25, -0.2) is 0 Å². The highest BCUT2D eigenvalue weighted by molar-refractivity contribution is 5.73. The molecule has 0 radical (unpaired) electrons. The summed E-state index contributed by atoms with van der Waals surface area (Å²) in [6.07, 6.45) is 0.410. The lowest BCUT2D eigenvalue weighted by Crippen LogP contribution is -2.35. The number of nitrogens with one attached hydrogen (secondary N) is 1. The van der Waals surface area contributed by atoms with E-state index in [0.717, 1.165) is 11.1 Å². The number of aromatic hydroxyl groups is 1. The van der Waals surface area contributed by atoms with Crippen LogP contribution in [0.2, 0.25) is 0 Å². The van der Waals surface area contributed by atoms with E-state index in [-0.39, 0.29) is 5.75 Å². The molecule has 1 aromatic rings. The van der Waals surface area contributed by atoms with Crippen LogP contribution in [0.4, 0.5) is 0 Å². The number of phenolic OH excluding ortho intramolecular Hbond substituents is 1. The van der Waals surface area contributed by atoms with Crippen LogP contribution in [0.15, 0.2) is 18.2 Å². The topological polar surface area (TPSA) is 69.6 Å². The van der Waals surface area contributed by atoms with Gasteiger partial charge in [-0.1, -0.05) is 26.0 Å². The van der Waals surface area contributed by atoms with Crippen LogP contribution in [0.1, 0.15) is 25.0 Å². The molecule has 96 valence electrons. The zero-order valence-corrected chi connectivity index (χ0v) is 10.8. The lowest BCUT2D eigenvalue weighted by atomic mass is 10.0. The third-order valence-electron chi connectivity index (χ3n) is 2.35. The van der Waals surface area contributed by atoms with Crippen molar-refractivity contribution in [1.29, 1.82) is 0 Å². The van der Waals surface area contributed by atoms with Gasteiger partial charge < -0.3 is 15.5 Å². The van der Waals surface area contributed by atoms with Gasteiger partial charge in [0.15, 0.2) is 0 Å². The Morgan fingerprint density at radius 2 is 2.00 bits per heavy atom. The minimum Gasteiger partial charge on any atom is -0.508 e. The van der Waals surface area contributed by atoms with Gasteiger partial charge in [0.1, 0.15) is 11.8 Å². The van der Waals surface area contributed by atoms with Crippen molar-refractivity contribution in [2.45, 2.75) is 33.2 Å². The summed E-state index contributed by atoms with van der Waals surface area (Å²) in [7, 11) is 1.62. The van der Waals surface area contributed by atoms with E-state index in [2.05, 4.69) is 5.32 Å². The predicted octanol–water partition coefficient (Wildman–Crippen LogP) is 1.94. The van der Waals surface area contributed by atoms with Crippen LogP contribution in [0.3, 0.4) is 0 Å². The highest BCUT2D eigenvalue weighted by Gasteiger charge is 2.15. The maximum Gasteiger partial charge on any atom is 0.321 e. The van der Waals surface area contributed by atoms with Crippen LogP contribution in [0.5, 0.6) is 5.75 Å². The van der Waals surface area contributed by atoms with E-state index in [1.807, 2.05) is 13.8 Å². The fraction of sp³-hybridized carbons (Fsp3) is 0.462. The van der Waals surface area contributed by atoms with Crippen molar-refractivity contribution >= 4 is 5.97 Å². The molecule has 0 saturated heterocycles. The number of carboxylic acids is 1. The van der Waals surface area contributed by atoms with E-state index >= 15 is 0 Å². The number of likely N-dealkylation sites (N-methyl/N-ethyl adjacent to an activating group) is 1. The molecule has 1 aromatic carbocycles. The fourth-order valence-electron chi connectivity index (χ4n) is 1.39. The van der Waals surface area contributed by atoms with E-state index in [1.165, 1.54) is 0 Å². The van der Waals surface area contributed by atoms with Gasteiger partial charge in [0.2, 0.25) is 0 Å². The predicted molar refractivity (Wildman–Crippen MR) is 68.4 cm³/mol. The Morgan fingerprint density at radius 3 is 2.41 bits per heavy atom. The molecule has 0 aliphatic carbocycles. The molecule has 0 saturated carbocycles. The molecule has 17 heavy (non-hydrogen) atoms. The van der Waals surface area contributed by atoms with Crippen LogP contribution in [0.25, 0.3) is 0 Å². The molecule has 4 nitrogen and oxygen atoms in total. The molecule has 1 rings (SSSR count). The highest BCUT2D eigenvalue weighted by atomic mass is 16.4. The van der Waals surface area contributed by atoms with Gasteiger partial charge >= 0.3 is 5.97 Å². The van der Waals surface area contributed by atoms with E-state index in [0.29, 0.717) is 6.42 Å². The summed E-state index contributed by atoms with van der Waals surface area (Å²) in [6, 6.07) is 4.52. The molecule has 0 bridgehead atoms. The first kappa shape index (κ1) is 15.4. The summed E-state index contributed by atoms with van der Waals surface area (Å²) in [5, 5.41) is 20.9. The molecular formula is C13H21NO3. The smallest absolute Gasteiger partial charge is 0.321 e. The number of hydrogen-bond donors (Lipinski definition) is 3. The van der Waals surface area contributed by atoms with Crippen molar-refractivity contribution in [1.82, 2.24) is 5.32 Å². The molecule has 3 N–H and O–H groups in total. The molecule has 0 amide bonds. The van der Waals surface area contributed by atoms with Crippen LogP contribution < -0.4 is 5.32 Å². The second-order valence-electron chi connectivity index (χ2n) is 3.50. The average Bonchev–Trinajstić information content (AvgIpc) is 2.32. The van der Waals surface area contributed by atoms with Crippen LogP contribution >= 0.6 is 0 Å². The van der Waals surface area contributed by atoms with Gasteiger partial charge in [-0.2, -0.15) is 0 Å². The normalized spacial score (nSPS) is 11.3. The van der Waals surface area contributed by atoms with Crippen molar-refractivity contribution in [3.05, 3.63) is 29.3 Å². The van der Waals surface area contributed by atoms with Crippen molar-refractivity contribution in [3.8, 4) is 5.75 Å². The minimum atomic E-state index is -0.872. The summed E-state index contributed by atoms with van der Waals surface area (Å²) in [4.78, 5) is 10.8. The fourth-order valence-corrected chi connectivity index (χ4v) is 1.39. The molecule has 0 heterocycles. The number of aryl methyl sites for hydroxylation is 1. The van der Waals surface area contributed by atoms with E-state index < -0.39 is 12.0 Å². The number of carboxylic acid groups (broad SMARTS) is 1. The Balaban J connectivity index is 0.00000121. The van der Waals surface area contributed by atoms with Gasteiger partial charge in [0.05, 0.1) is 0 Å². The first-order chi connectivity index (χ1) is 8.04. The third-order valence-corrected chi connectivity index (χ3v) is 2.35. The standard InChI is InChI=1S/C11H15NO3.C2H6/c1-7-5-8(3-4-10(7)13)6-9(12-2)11(14)15;1-2/h3-5,9,12-13H,6H2,1-2H3,(H,14,15);1-2H3/t9-;/m0./s1. The van der Waals surface area contributed by atoms with Gasteiger partial charge in [-0.15, -0.1) is 0 Å². The number of hydrogen-bond acceptors (Lipinski definition) is 3. The summed E-state index contributed by atoms with van der Waals surface area (Å²) in [5.41, 5.74) is 1.65. The Morgan fingerprint density at radius 1 is 1.41 bits per heavy atom. The van der Waals surface area contributed by atoms with Crippen molar-refractivity contribution in [2.24, 2.45) is 0 Å². The molecule has 0 spiro atoms. The highest BCUT2D eigenvalue weighted by Crippen LogP contribution is 2.17. The van der Waals surface area contributed by atoms with Crippen LogP contribution in [-0.4, -0.2) is 29.3 Å². The van der Waals surface area contributed by atoms with Gasteiger partial charge in [0.25, 0.3) is 0 Å². The van der Waals surface area contributed by atoms with Crippen molar-refractivity contribution < 1.29 is 15.0 Å². The Kier molecular flexibility index (Phi) is 6.98. The Labute approximate surface area is 102 Å². The maximum absolute atomic E-state index is 10.8. The summed E-state index contributed by atoms with van der Waals surface area (Å²) in [5.74, 6) is -0.640. The molecule has 0 fully saturated rings. The first-order valence-corrected chi connectivity index (χ1v) is 5.73. The monoisotopic (exact) mass is 239 g/mol. The largest absolute Gasteiger partial charge is 0.508 e. The minimum absolute atomic E-state index is 0.232. The van der Waals surface area contributed by atoms with Gasteiger partial charge in [-0.3, -0.25) is 4.79 Å². The van der Waals surface area contributed by atoms with E-state index in [4.69, 9.17) is 5.11 Å². The zero-order valence-electron chi connectivity index (χ0n) is 10.8. The van der Waals surface area contributed by atoms with Crippen molar-refractivity contribution in [3.63, 3.8) is 0 Å². The number of carbonyl (C=O) groups is 1. The van der Waals surface area contributed by atoms with E-state index in [1.54, 1.807) is 32.2 Å².